The van der Waals surface area contributed by atoms with Crippen LogP contribution in [-0.4, -0.2) is 38.8 Å². The molecular formula is C25H28N4O. The van der Waals surface area contributed by atoms with Crippen molar-refractivity contribution in [3.63, 3.8) is 0 Å². The van der Waals surface area contributed by atoms with Crippen LogP contribution in [0.3, 0.4) is 0 Å². The number of rotatable bonds is 3. The van der Waals surface area contributed by atoms with Crippen LogP contribution in [0.2, 0.25) is 0 Å². The van der Waals surface area contributed by atoms with E-state index in [1.165, 1.54) is 0 Å². The molecule has 5 nitrogen and oxygen atoms in total. The molecule has 0 aliphatic carbocycles. The van der Waals surface area contributed by atoms with Crippen LogP contribution in [-0.2, 0) is 5.41 Å². The molecule has 4 rings (SSSR count). The van der Waals surface area contributed by atoms with Crippen molar-refractivity contribution in [3.8, 4) is 11.1 Å². The van der Waals surface area contributed by atoms with Crippen LogP contribution in [0.1, 0.15) is 61.4 Å². The van der Waals surface area contributed by atoms with Gasteiger partial charge in [0.1, 0.15) is 5.82 Å². The Labute approximate surface area is 178 Å². The second-order valence-electron chi connectivity index (χ2n) is 8.93. The maximum atomic E-state index is 13.0. The minimum atomic E-state index is -0.139. The lowest BCUT2D eigenvalue weighted by Gasteiger charge is -2.34. The Hall–Kier alpha value is -3.08. The van der Waals surface area contributed by atoms with Crippen LogP contribution in [0.25, 0.3) is 11.1 Å². The second kappa shape index (κ2) is 8.34. The minimum absolute atomic E-state index is 0.0934. The summed E-state index contributed by atoms with van der Waals surface area (Å²) in [4.78, 5) is 28.9. The molecule has 0 saturated carbocycles. The predicted molar refractivity (Wildman–Crippen MR) is 118 cm³/mol. The van der Waals surface area contributed by atoms with Crippen molar-refractivity contribution < 1.29 is 4.79 Å². The van der Waals surface area contributed by atoms with Crippen molar-refractivity contribution in [1.82, 2.24) is 19.9 Å². The lowest BCUT2D eigenvalue weighted by Crippen LogP contribution is -2.39. The van der Waals surface area contributed by atoms with Gasteiger partial charge in [0.05, 0.1) is 5.69 Å². The number of pyridine rings is 1. The first-order valence-corrected chi connectivity index (χ1v) is 10.6. The highest BCUT2D eigenvalue weighted by Gasteiger charge is 2.30. The van der Waals surface area contributed by atoms with E-state index in [1.54, 1.807) is 12.4 Å². The van der Waals surface area contributed by atoms with Gasteiger partial charge >= 0.3 is 0 Å². The average Bonchev–Trinajstić information content (AvgIpc) is 2.79. The number of benzene rings is 1. The molecule has 3 heterocycles. The molecule has 0 spiro atoms. The van der Waals surface area contributed by atoms with E-state index < -0.39 is 0 Å². The van der Waals surface area contributed by atoms with E-state index >= 15 is 0 Å². The van der Waals surface area contributed by atoms with Gasteiger partial charge in [-0.05, 0) is 42.7 Å². The zero-order valence-corrected chi connectivity index (χ0v) is 17.9. The molecule has 1 aromatic carbocycles. The molecule has 0 radical (unpaired) electrons. The highest BCUT2D eigenvalue weighted by molar-refractivity contribution is 5.94. The standard InChI is InChI=1S/C25H28N4O/c1-25(2,3)24-27-16-21(18-11-13-26-14-12-18)22(28-24)20-10-7-15-29(17-20)23(30)19-8-5-4-6-9-19/h4-6,8-9,11-14,16,20H,7,10,15,17H2,1-3H3. The van der Waals surface area contributed by atoms with E-state index in [0.29, 0.717) is 6.54 Å². The quantitative estimate of drug-likeness (QED) is 0.630. The Kier molecular flexibility index (Phi) is 5.62. The Bertz CT molecular complexity index is 1010. The van der Waals surface area contributed by atoms with Gasteiger partial charge in [0.25, 0.3) is 5.91 Å². The van der Waals surface area contributed by atoms with Crippen LogP contribution in [0.15, 0.2) is 61.1 Å². The summed E-state index contributed by atoms with van der Waals surface area (Å²) in [6.45, 7) is 7.84. The minimum Gasteiger partial charge on any atom is -0.338 e. The van der Waals surface area contributed by atoms with Crippen molar-refractivity contribution in [2.24, 2.45) is 0 Å². The first-order valence-electron chi connectivity index (χ1n) is 10.6. The molecule has 0 N–H and O–H groups in total. The second-order valence-corrected chi connectivity index (χ2v) is 8.93. The number of amides is 1. The molecule has 1 fully saturated rings. The van der Waals surface area contributed by atoms with E-state index in [-0.39, 0.29) is 17.2 Å². The van der Waals surface area contributed by atoms with E-state index in [0.717, 1.165) is 47.6 Å². The van der Waals surface area contributed by atoms with Gasteiger partial charge in [-0.25, -0.2) is 9.97 Å². The van der Waals surface area contributed by atoms with Crippen molar-refractivity contribution in [1.29, 1.82) is 0 Å². The first-order chi connectivity index (χ1) is 14.4. The van der Waals surface area contributed by atoms with Gasteiger partial charge in [-0.2, -0.15) is 0 Å². The Morgan fingerprint density at radius 3 is 2.50 bits per heavy atom. The fraction of sp³-hybridized carbons (Fsp3) is 0.360. The number of likely N-dealkylation sites (tertiary alicyclic amines) is 1. The van der Waals surface area contributed by atoms with Gasteiger partial charge in [-0.15, -0.1) is 0 Å². The highest BCUT2D eigenvalue weighted by atomic mass is 16.2. The van der Waals surface area contributed by atoms with Gasteiger partial charge in [0.2, 0.25) is 0 Å². The monoisotopic (exact) mass is 400 g/mol. The van der Waals surface area contributed by atoms with Crippen LogP contribution < -0.4 is 0 Å². The molecule has 2 aromatic heterocycles. The van der Waals surface area contributed by atoms with E-state index in [9.17, 15) is 4.79 Å². The number of carbonyl (C=O) groups is 1. The molecule has 1 atom stereocenters. The van der Waals surface area contributed by atoms with E-state index in [1.807, 2.05) is 53.6 Å². The molecule has 5 heteroatoms. The number of hydrogen-bond acceptors (Lipinski definition) is 4. The zero-order chi connectivity index (χ0) is 21.1. The molecule has 3 aromatic rings. The summed E-state index contributed by atoms with van der Waals surface area (Å²) >= 11 is 0. The fourth-order valence-corrected chi connectivity index (χ4v) is 3.97. The van der Waals surface area contributed by atoms with Crippen LogP contribution >= 0.6 is 0 Å². The molecular weight excluding hydrogens is 372 g/mol. The molecule has 1 aliphatic rings. The highest BCUT2D eigenvalue weighted by Crippen LogP contribution is 2.34. The smallest absolute Gasteiger partial charge is 0.253 e. The van der Waals surface area contributed by atoms with Crippen molar-refractivity contribution in [2.45, 2.75) is 44.9 Å². The zero-order valence-electron chi connectivity index (χ0n) is 17.9. The number of aromatic nitrogens is 3. The van der Waals surface area contributed by atoms with Crippen LogP contribution in [0.5, 0.6) is 0 Å². The summed E-state index contributed by atoms with van der Waals surface area (Å²) in [6.07, 6.45) is 7.51. The molecule has 154 valence electrons. The largest absolute Gasteiger partial charge is 0.338 e. The normalized spacial score (nSPS) is 17.0. The van der Waals surface area contributed by atoms with Gasteiger partial charge in [-0.1, -0.05) is 39.0 Å². The number of nitrogens with zero attached hydrogens (tertiary/aromatic N) is 4. The topological polar surface area (TPSA) is 59.0 Å². The Morgan fingerprint density at radius 2 is 1.80 bits per heavy atom. The summed E-state index contributed by atoms with van der Waals surface area (Å²) in [6, 6.07) is 13.5. The summed E-state index contributed by atoms with van der Waals surface area (Å²) in [7, 11) is 0. The molecule has 1 saturated heterocycles. The molecule has 30 heavy (non-hydrogen) atoms. The SMILES string of the molecule is CC(C)(C)c1ncc(-c2ccncc2)c(C2CCCN(C(=O)c3ccccc3)C2)n1. The fourth-order valence-electron chi connectivity index (χ4n) is 3.97. The summed E-state index contributed by atoms with van der Waals surface area (Å²) in [5.74, 6) is 1.11. The van der Waals surface area contributed by atoms with Gasteiger partial charge in [0, 0.05) is 54.1 Å². The molecule has 0 bridgehead atoms. The number of carbonyl (C=O) groups excluding carboxylic acids is 1. The number of hydrogen-bond donors (Lipinski definition) is 0. The van der Waals surface area contributed by atoms with Gasteiger partial charge in [-0.3, -0.25) is 9.78 Å². The lowest BCUT2D eigenvalue weighted by molar-refractivity contribution is 0.0706. The van der Waals surface area contributed by atoms with Crippen molar-refractivity contribution in [3.05, 3.63) is 78.1 Å². The van der Waals surface area contributed by atoms with Gasteiger partial charge < -0.3 is 4.90 Å². The van der Waals surface area contributed by atoms with E-state index in [4.69, 9.17) is 4.98 Å². The first kappa shape index (κ1) is 20.2. The Morgan fingerprint density at radius 1 is 1.07 bits per heavy atom. The maximum absolute atomic E-state index is 13.0. The Balaban J connectivity index is 1.70. The summed E-state index contributed by atoms with van der Waals surface area (Å²) in [5.41, 5.74) is 3.73. The van der Waals surface area contributed by atoms with Crippen LogP contribution in [0, 0.1) is 0 Å². The maximum Gasteiger partial charge on any atom is 0.253 e. The van der Waals surface area contributed by atoms with E-state index in [2.05, 4.69) is 30.7 Å². The molecule has 1 amide bonds. The van der Waals surface area contributed by atoms with Gasteiger partial charge in [0.15, 0.2) is 0 Å². The summed E-state index contributed by atoms with van der Waals surface area (Å²) < 4.78 is 0. The lowest BCUT2D eigenvalue weighted by atomic mass is 9.88. The third kappa shape index (κ3) is 4.25. The molecule has 1 aliphatic heterocycles. The van der Waals surface area contributed by atoms with Crippen molar-refractivity contribution in [2.75, 3.05) is 13.1 Å². The number of piperidine rings is 1. The average molecular weight is 401 g/mol. The third-order valence-electron chi connectivity index (χ3n) is 5.60. The predicted octanol–water partition coefficient (Wildman–Crippen LogP) is 4.86. The van der Waals surface area contributed by atoms with Crippen LogP contribution in [0.4, 0.5) is 0 Å². The summed E-state index contributed by atoms with van der Waals surface area (Å²) in [5, 5.41) is 0. The van der Waals surface area contributed by atoms with Crippen molar-refractivity contribution >= 4 is 5.91 Å². The third-order valence-corrected chi connectivity index (χ3v) is 5.60. The molecule has 1 unspecified atom stereocenters.